The molecule has 1 aliphatic rings. The van der Waals surface area contributed by atoms with Crippen LogP contribution in [0, 0.1) is 24.7 Å². The van der Waals surface area contributed by atoms with Gasteiger partial charge in [-0.05, 0) is 63.4 Å². The van der Waals surface area contributed by atoms with Gasteiger partial charge in [0.2, 0.25) is 0 Å². The average molecular weight is 283 g/mol. The predicted octanol–water partition coefficient (Wildman–Crippen LogP) is 4.43. The first-order valence-electron chi connectivity index (χ1n) is 7.68. The summed E-state index contributed by atoms with van der Waals surface area (Å²) in [4.78, 5) is 0. The molecule has 0 amide bonds. The number of nitrogens with zero attached hydrogens (tertiary/aromatic N) is 2. The number of halogens is 1. The summed E-state index contributed by atoms with van der Waals surface area (Å²) in [6.45, 7) is 9.88. The van der Waals surface area contributed by atoms with Crippen molar-refractivity contribution >= 4 is 11.6 Å². The monoisotopic (exact) mass is 282 g/mol. The Bertz CT molecular complexity index is 411. The van der Waals surface area contributed by atoms with E-state index in [1.54, 1.807) is 0 Å². The van der Waals surface area contributed by atoms with Crippen molar-refractivity contribution in [1.29, 1.82) is 0 Å². The Morgan fingerprint density at radius 3 is 2.79 bits per heavy atom. The standard InChI is InChI=1S/C16H27ClN2/c1-5-19-15(8-12(4)18-19)10-14-9-13(11(2)3)6-7-16(14)17/h8,11,13-14,16H,5-7,9-10H2,1-4H3. The Kier molecular flexibility index (Phi) is 4.94. The van der Waals surface area contributed by atoms with E-state index in [0.29, 0.717) is 11.3 Å². The molecule has 0 radical (unpaired) electrons. The highest BCUT2D eigenvalue weighted by Crippen LogP contribution is 2.38. The molecule has 0 bridgehead atoms. The summed E-state index contributed by atoms with van der Waals surface area (Å²) in [7, 11) is 0. The molecule has 0 N–H and O–H groups in total. The van der Waals surface area contributed by atoms with Gasteiger partial charge in [-0.2, -0.15) is 5.10 Å². The number of aromatic nitrogens is 2. The molecule has 1 aromatic rings. The maximum atomic E-state index is 6.58. The summed E-state index contributed by atoms with van der Waals surface area (Å²) in [5.74, 6) is 2.24. The smallest absolute Gasteiger partial charge is 0.0596 e. The van der Waals surface area contributed by atoms with Crippen molar-refractivity contribution in [3.8, 4) is 0 Å². The summed E-state index contributed by atoms with van der Waals surface area (Å²) >= 11 is 6.58. The van der Waals surface area contributed by atoms with E-state index in [1.807, 2.05) is 0 Å². The predicted molar refractivity (Wildman–Crippen MR) is 81.7 cm³/mol. The van der Waals surface area contributed by atoms with Gasteiger partial charge in [0.15, 0.2) is 0 Å². The quantitative estimate of drug-likeness (QED) is 0.747. The highest BCUT2D eigenvalue weighted by atomic mass is 35.5. The Labute approximate surface area is 122 Å². The van der Waals surface area contributed by atoms with Crippen LogP contribution in [0.15, 0.2) is 6.07 Å². The lowest BCUT2D eigenvalue weighted by atomic mass is 9.74. The molecule has 3 atom stereocenters. The Morgan fingerprint density at radius 1 is 1.42 bits per heavy atom. The van der Waals surface area contributed by atoms with Crippen molar-refractivity contribution in [3.05, 3.63) is 17.5 Å². The average Bonchev–Trinajstić information content (AvgIpc) is 2.72. The molecule has 3 heteroatoms. The van der Waals surface area contributed by atoms with Crippen LogP contribution in [0.25, 0.3) is 0 Å². The van der Waals surface area contributed by atoms with Gasteiger partial charge < -0.3 is 0 Å². The third-order valence-corrected chi connectivity index (χ3v) is 5.20. The van der Waals surface area contributed by atoms with Gasteiger partial charge in [0.25, 0.3) is 0 Å². The molecule has 108 valence electrons. The molecular formula is C16H27ClN2. The van der Waals surface area contributed by atoms with E-state index in [9.17, 15) is 0 Å². The van der Waals surface area contributed by atoms with Crippen molar-refractivity contribution in [1.82, 2.24) is 9.78 Å². The fraction of sp³-hybridized carbons (Fsp3) is 0.812. The normalized spacial score (nSPS) is 28.0. The molecule has 1 heterocycles. The minimum absolute atomic E-state index is 0.343. The van der Waals surface area contributed by atoms with Crippen molar-refractivity contribution in [3.63, 3.8) is 0 Å². The fourth-order valence-corrected chi connectivity index (χ4v) is 3.70. The van der Waals surface area contributed by atoms with Crippen molar-refractivity contribution < 1.29 is 0 Å². The topological polar surface area (TPSA) is 17.8 Å². The third kappa shape index (κ3) is 3.53. The molecule has 0 aromatic carbocycles. The molecule has 0 spiro atoms. The first-order valence-corrected chi connectivity index (χ1v) is 8.12. The Morgan fingerprint density at radius 2 is 2.16 bits per heavy atom. The molecular weight excluding hydrogens is 256 g/mol. The van der Waals surface area contributed by atoms with Crippen LogP contribution in [0.5, 0.6) is 0 Å². The zero-order valence-electron chi connectivity index (χ0n) is 12.7. The minimum Gasteiger partial charge on any atom is -0.270 e. The van der Waals surface area contributed by atoms with Gasteiger partial charge in [-0.1, -0.05) is 13.8 Å². The van der Waals surface area contributed by atoms with Crippen LogP contribution in [0.1, 0.15) is 51.4 Å². The van der Waals surface area contributed by atoms with E-state index in [1.165, 1.54) is 25.0 Å². The van der Waals surface area contributed by atoms with E-state index in [0.717, 1.165) is 30.5 Å². The molecule has 2 nitrogen and oxygen atoms in total. The highest BCUT2D eigenvalue weighted by molar-refractivity contribution is 6.20. The maximum Gasteiger partial charge on any atom is 0.0596 e. The number of hydrogen-bond donors (Lipinski definition) is 0. The highest BCUT2D eigenvalue weighted by Gasteiger charge is 2.31. The first kappa shape index (κ1) is 14.9. The third-order valence-electron chi connectivity index (χ3n) is 4.63. The largest absolute Gasteiger partial charge is 0.270 e. The van der Waals surface area contributed by atoms with Crippen LogP contribution < -0.4 is 0 Å². The van der Waals surface area contributed by atoms with Gasteiger partial charge in [0.1, 0.15) is 0 Å². The molecule has 1 aromatic heterocycles. The fourth-order valence-electron chi connectivity index (χ4n) is 3.39. The molecule has 0 aliphatic heterocycles. The van der Waals surface area contributed by atoms with E-state index >= 15 is 0 Å². The number of aryl methyl sites for hydroxylation is 2. The SMILES string of the molecule is CCn1nc(C)cc1CC1CC(C(C)C)CCC1Cl. The number of hydrogen-bond acceptors (Lipinski definition) is 1. The zero-order chi connectivity index (χ0) is 14.0. The second-order valence-electron chi connectivity index (χ2n) is 6.39. The van der Waals surface area contributed by atoms with Crippen molar-refractivity contribution in [2.75, 3.05) is 0 Å². The molecule has 19 heavy (non-hydrogen) atoms. The Hall–Kier alpha value is -0.500. The lowest BCUT2D eigenvalue weighted by Gasteiger charge is -2.35. The van der Waals surface area contributed by atoms with Crippen LogP contribution in [-0.2, 0) is 13.0 Å². The second kappa shape index (κ2) is 6.30. The van der Waals surface area contributed by atoms with E-state index in [4.69, 9.17) is 11.6 Å². The maximum absolute atomic E-state index is 6.58. The van der Waals surface area contributed by atoms with Crippen molar-refractivity contribution in [2.24, 2.45) is 17.8 Å². The molecule has 2 rings (SSSR count). The minimum atomic E-state index is 0.343. The second-order valence-corrected chi connectivity index (χ2v) is 6.95. The van der Waals surface area contributed by atoms with E-state index in [-0.39, 0.29) is 0 Å². The van der Waals surface area contributed by atoms with Crippen LogP contribution in [0.4, 0.5) is 0 Å². The van der Waals surface area contributed by atoms with Crippen molar-refractivity contribution in [2.45, 2.75) is 65.3 Å². The van der Waals surface area contributed by atoms with Gasteiger partial charge in [-0.15, -0.1) is 11.6 Å². The zero-order valence-corrected chi connectivity index (χ0v) is 13.5. The van der Waals surface area contributed by atoms with Gasteiger partial charge >= 0.3 is 0 Å². The number of alkyl halides is 1. The number of rotatable bonds is 4. The summed E-state index contributed by atoms with van der Waals surface area (Å²) in [6.07, 6.45) is 4.84. The van der Waals surface area contributed by atoms with Crippen LogP contribution >= 0.6 is 11.6 Å². The summed E-state index contributed by atoms with van der Waals surface area (Å²) in [5.41, 5.74) is 2.49. The lowest BCUT2D eigenvalue weighted by molar-refractivity contribution is 0.216. The summed E-state index contributed by atoms with van der Waals surface area (Å²) in [5, 5.41) is 4.89. The van der Waals surface area contributed by atoms with E-state index < -0.39 is 0 Å². The van der Waals surface area contributed by atoms with Gasteiger partial charge in [-0.25, -0.2) is 0 Å². The van der Waals surface area contributed by atoms with Gasteiger partial charge in [0, 0.05) is 17.6 Å². The summed E-state index contributed by atoms with van der Waals surface area (Å²) < 4.78 is 2.14. The van der Waals surface area contributed by atoms with Crippen LogP contribution in [0.3, 0.4) is 0 Å². The van der Waals surface area contributed by atoms with Gasteiger partial charge in [-0.3, -0.25) is 4.68 Å². The van der Waals surface area contributed by atoms with Crippen LogP contribution in [-0.4, -0.2) is 15.2 Å². The molecule has 1 saturated carbocycles. The molecule has 0 saturated heterocycles. The molecule has 3 unspecified atom stereocenters. The molecule has 1 aliphatic carbocycles. The lowest BCUT2D eigenvalue weighted by Crippen LogP contribution is -2.30. The van der Waals surface area contributed by atoms with E-state index in [2.05, 4.69) is 43.5 Å². The first-order chi connectivity index (χ1) is 9.01. The molecule has 1 fully saturated rings. The Balaban J connectivity index is 2.07. The summed E-state index contributed by atoms with van der Waals surface area (Å²) in [6, 6.07) is 2.23. The van der Waals surface area contributed by atoms with Gasteiger partial charge in [0.05, 0.1) is 5.69 Å². The van der Waals surface area contributed by atoms with Crippen LogP contribution in [0.2, 0.25) is 0 Å².